The van der Waals surface area contributed by atoms with Crippen LogP contribution in [0.25, 0.3) is 0 Å². The Morgan fingerprint density at radius 2 is 2.21 bits per heavy atom. The molecule has 0 heterocycles. The highest BCUT2D eigenvalue weighted by Gasteiger charge is 2.07. The van der Waals surface area contributed by atoms with Gasteiger partial charge in [-0.05, 0) is 36.6 Å². The van der Waals surface area contributed by atoms with Gasteiger partial charge in [0.2, 0.25) is 0 Å². The van der Waals surface area contributed by atoms with E-state index < -0.39 is 11.8 Å². The first kappa shape index (κ1) is 11.0. The fourth-order valence-electron chi connectivity index (χ4n) is 1.20. The van der Waals surface area contributed by atoms with E-state index in [1.54, 1.807) is 6.92 Å². The summed E-state index contributed by atoms with van der Waals surface area (Å²) in [6.45, 7) is 1.75. The van der Waals surface area contributed by atoms with Crippen molar-refractivity contribution in [2.24, 2.45) is 0 Å². The van der Waals surface area contributed by atoms with Gasteiger partial charge in [0.1, 0.15) is 5.82 Å². The average Bonchev–Trinajstić information content (AvgIpc) is 2.08. The molecule has 0 fully saturated rings. The molecule has 0 saturated carbocycles. The average molecular weight is 217 g/mol. The third-order valence-electron chi connectivity index (χ3n) is 2.02. The van der Waals surface area contributed by atoms with Crippen molar-refractivity contribution < 1.29 is 14.3 Å². The molecule has 0 bridgehead atoms. The maximum atomic E-state index is 12.9. The molecule has 0 aliphatic rings. The molecule has 76 valence electrons. The lowest BCUT2D eigenvalue weighted by molar-refractivity contribution is -0.136. The zero-order chi connectivity index (χ0) is 10.7. The van der Waals surface area contributed by atoms with Gasteiger partial charge in [-0.2, -0.15) is 0 Å². The molecular formula is C10H10ClFO2. The highest BCUT2D eigenvalue weighted by molar-refractivity contribution is 6.31. The zero-order valence-corrected chi connectivity index (χ0v) is 8.44. The van der Waals surface area contributed by atoms with Gasteiger partial charge in [-0.15, -0.1) is 0 Å². The summed E-state index contributed by atoms with van der Waals surface area (Å²) in [6.07, 6.45) is 0.291. The lowest BCUT2D eigenvalue weighted by Gasteiger charge is -2.06. The fourth-order valence-corrected chi connectivity index (χ4v) is 1.43. The molecule has 0 aromatic heterocycles. The SMILES string of the molecule is Cc1c(Cl)cc(F)cc1CCC(=O)O. The van der Waals surface area contributed by atoms with Crippen LogP contribution in [0.2, 0.25) is 5.02 Å². The van der Waals surface area contributed by atoms with Gasteiger partial charge in [-0.3, -0.25) is 4.79 Å². The summed E-state index contributed by atoms with van der Waals surface area (Å²) in [5.41, 5.74) is 1.40. The highest BCUT2D eigenvalue weighted by atomic mass is 35.5. The number of carboxylic acid groups (broad SMARTS) is 1. The van der Waals surface area contributed by atoms with Gasteiger partial charge in [0.25, 0.3) is 0 Å². The molecule has 1 N–H and O–H groups in total. The molecule has 1 aromatic carbocycles. The molecule has 14 heavy (non-hydrogen) atoms. The second kappa shape index (κ2) is 4.42. The molecule has 0 radical (unpaired) electrons. The molecule has 0 amide bonds. The lowest BCUT2D eigenvalue weighted by atomic mass is 10.0. The third kappa shape index (κ3) is 2.70. The summed E-state index contributed by atoms with van der Waals surface area (Å²) in [4.78, 5) is 10.3. The Bertz CT molecular complexity index is 363. The van der Waals surface area contributed by atoms with Crippen LogP contribution in [0.15, 0.2) is 12.1 Å². The predicted molar refractivity (Wildman–Crippen MR) is 52.1 cm³/mol. The van der Waals surface area contributed by atoms with Gasteiger partial charge in [-0.1, -0.05) is 11.6 Å². The largest absolute Gasteiger partial charge is 0.481 e. The lowest BCUT2D eigenvalue weighted by Crippen LogP contribution is -2.00. The molecule has 0 spiro atoms. The summed E-state index contributed by atoms with van der Waals surface area (Å²) in [6, 6.07) is 2.55. The molecule has 0 atom stereocenters. The van der Waals surface area contributed by atoms with Crippen molar-refractivity contribution in [1.82, 2.24) is 0 Å². The van der Waals surface area contributed by atoms with E-state index in [1.807, 2.05) is 0 Å². The Balaban J connectivity index is 2.90. The van der Waals surface area contributed by atoms with Crippen LogP contribution < -0.4 is 0 Å². The van der Waals surface area contributed by atoms with Gasteiger partial charge in [0.15, 0.2) is 0 Å². The fraction of sp³-hybridized carbons (Fsp3) is 0.300. The van der Waals surface area contributed by atoms with Crippen molar-refractivity contribution in [3.63, 3.8) is 0 Å². The first-order chi connectivity index (χ1) is 6.50. The standard InChI is InChI=1S/C10H10ClFO2/c1-6-7(2-3-10(13)14)4-8(12)5-9(6)11/h4-5H,2-3H2,1H3,(H,13,14). The minimum atomic E-state index is -0.898. The minimum absolute atomic E-state index is 0.0133. The highest BCUT2D eigenvalue weighted by Crippen LogP contribution is 2.21. The van der Waals surface area contributed by atoms with Gasteiger partial charge in [-0.25, -0.2) is 4.39 Å². The Hall–Kier alpha value is -1.09. The van der Waals surface area contributed by atoms with Crippen LogP contribution in [0, 0.1) is 12.7 Å². The molecule has 1 aromatic rings. The molecule has 4 heteroatoms. The van der Waals surface area contributed by atoms with E-state index in [0.29, 0.717) is 17.0 Å². The van der Waals surface area contributed by atoms with Crippen LogP contribution in [-0.2, 0) is 11.2 Å². The van der Waals surface area contributed by atoms with Crippen LogP contribution >= 0.6 is 11.6 Å². The van der Waals surface area contributed by atoms with E-state index in [2.05, 4.69) is 0 Å². The molecule has 0 unspecified atom stereocenters. The first-order valence-electron chi connectivity index (χ1n) is 4.17. The van der Waals surface area contributed by atoms with Crippen molar-refractivity contribution >= 4 is 17.6 Å². The van der Waals surface area contributed by atoms with Gasteiger partial charge < -0.3 is 5.11 Å². The van der Waals surface area contributed by atoms with Crippen molar-refractivity contribution in [1.29, 1.82) is 0 Å². The molecule has 1 rings (SSSR count). The van der Waals surface area contributed by atoms with E-state index in [0.717, 1.165) is 5.56 Å². The summed E-state index contributed by atoms with van der Waals surface area (Å²) < 4.78 is 12.9. The molecule has 2 nitrogen and oxygen atoms in total. The zero-order valence-electron chi connectivity index (χ0n) is 7.68. The number of carbonyl (C=O) groups is 1. The second-order valence-electron chi connectivity index (χ2n) is 3.07. The summed E-state index contributed by atoms with van der Waals surface area (Å²) in [5, 5.41) is 8.82. The number of aryl methyl sites for hydroxylation is 1. The van der Waals surface area contributed by atoms with E-state index >= 15 is 0 Å². The summed E-state index contributed by atoms with van der Waals surface area (Å²) in [7, 11) is 0. The monoisotopic (exact) mass is 216 g/mol. The molecule has 0 aliphatic heterocycles. The van der Waals surface area contributed by atoms with Crippen LogP contribution in [0.5, 0.6) is 0 Å². The summed E-state index contributed by atoms with van der Waals surface area (Å²) >= 11 is 5.75. The number of hydrogen-bond acceptors (Lipinski definition) is 1. The number of carboxylic acids is 1. The molecular weight excluding hydrogens is 207 g/mol. The normalized spacial score (nSPS) is 10.2. The van der Waals surface area contributed by atoms with Crippen molar-refractivity contribution in [2.75, 3.05) is 0 Å². The number of rotatable bonds is 3. The molecule has 0 saturated heterocycles. The van der Waals surface area contributed by atoms with E-state index in [9.17, 15) is 9.18 Å². The van der Waals surface area contributed by atoms with E-state index in [-0.39, 0.29) is 6.42 Å². The topological polar surface area (TPSA) is 37.3 Å². The van der Waals surface area contributed by atoms with E-state index in [4.69, 9.17) is 16.7 Å². The smallest absolute Gasteiger partial charge is 0.303 e. The van der Waals surface area contributed by atoms with Crippen LogP contribution in [0.4, 0.5) is 4.39 Å². The molecule has 0 aliphatic carbocycles. The third-order valence-corrected chi connectivity index (χ3v) is 2.42. The van der Waals surface area contributed by atoms with Gasteiger partial charge >= 0.3 is 5.97 Å². The van der Waals surface area contributed by atoms with Crippen LogP contribution in [0.3, 0.4) is 0 Å². The predicted octanol–water partition coefficient (Wildman–Crippen LogP) is 2.80. The number of benzene rings is 1. The van der Waals surface area contributed by atoms with Gasteiger partial charge in [0.05, 0.1) is 0 Å². The second-order valence-corrected chi connectivity index (χ2v) is 3.47. The Labute approximate surface area is 86.3 Å². The number of halogens is 2. The van der Waals surface area contributed by atoms with Crippen molar-refractivity contribution in [2.45, 2.75) is 19.8 Å². The van der Waals surface area contributed by atoms with Crippen LogP contribution in [0.1, 0.15) is 17.5 Å². The van der Waals surface area contributed by atoms with Crippen molar-refractivity contribution in [3.05, 3.63) is 34.1 Å². The first-order valence-corrected chi connectivity index (χ1v) is 4.55. The quantitative estimate of drug-likeness (QED) is 0.844. The maximum absolute atomic E-state index is 12.9. The van der Waals surface area contributed by atoms with Crippen molar-refractivity contribution in [3.8, 4) is 0 Å². The number of aliphatic carboxylic acids is 1. The Kier molecular flexibility index (Phi) is 3.47. The van der Waals surface area contributed by atoms with Crippen LogP contribution in [-0.4, -0.2) is 11.1 Å². The summed E-state index contributed by atoms with van der Waals surface area (Å²) in [5.74, 6) is -1.33. The number of hydrogen-bond donors (Lipinski definition) is 1. The Morgan fingerprint density at radius 1 is 1.57 bits per heavy atom. The van der Waals surface area contributed by atoms with Gasteiger partial charge in [0, 0.05) is 11.4 Å². The minimum Gasteiger partial charge on any atom is -0.481 e. The van der Waals surface area contributed by atoms with E-state index in [1.165, 1.54) is 12.1 Å². The Morgan fingerprint density at radius 3 is 2.79 bits per heavy atom. The maximum Gasteiger partial charge on any atom is 0.303 e.